The van der Waals surface area contributed by atoms with Crippen molar-refractivity contribution in [3.63, 3.8) is 0 Å². The average molecular weight is 489 g/mol. The van der Waals surface area contributed by atoms with Crippen LogP contribution in [0.15, 0.2) is 42.5 Å². The number of hydrogen-bond donors (Lipinski definition) is 2. The van der Waals surface area contributed by atoms with E-state index in [1.54, 1.807) is 6.07 Å². The molecule has 9 heteroatoms. The summed E-state index contributed by atoms with van der Waals surface area (Å²) in [4.78, 5) is 37.1. The molecular weight excluding hydrogens is 464 g/mol. The van der Waals surface area contributed by atoms with E-state index in [-0.39, 0.29) is 12.0 Å². The third-order valence-electron chi connectivity index (χ3n) is 4.84. The van der Waals surface area contributed by atoms with Crippen molar-refractivity contribution in [3.8, 4) is 5.75 Å². The molecule has 2 amide bonds. The summed E-state index contributed by atoms with van der Waals surface area (Å²) in [5, 5.41) is 6.29. The smallest absolute Gasteiger partial charge is 0.325 e. The monoisotopic (exact) mass is 488 g/mol. The van der Waals surface area contributed by atoms with E-state index in [9.17, 15) is 14.4 Å². The minimum absolute atomic E-state index is 0.117. The molecule has 0 aliphatic heterocycles. The number of nitrogens with one attached hydrogen (secondary N) is 2. The number of halogens is 1. The Kier molecular flexibility index (Phi) is 7.61. The van der Waals surface area contributed by atoms with Gasteiger partial charge in [-0.2, -0.15) is 0 Å². The minimum Gasteiger partial charge on any atom is -0.495 e. The second kappa shape index (κ2) is 10.2. The number of carbonyl (C=O) groups excluding carboxylic acids is 3. The highest BCUT2D eigenvalue weighted by molar-refractivity contribution is 7.21. The zero-order valence-electron chi connectivity index (χ0n) is 18.8. The maximum atomic E-state index is 12.4. The van der Waals surface area contributed by atoms with Gasteiger partial charge in [-0.3, -0.25) is 14.4 Å². The van der Waals surface area contributed by atoms with Crippen LogP contribution in [0.4, 0.5) is 5.69 Å². The highest BCUT2D eigenvalue weighted by atomic mass is 35.5. The normalized spacial score (nSPS) is 11.2. The quantitative estimate of drug-likeness (QED) is 0.467. The second-order valence-electron chi connectivity index (χ2n) is 8.30. The van der Waals surface area contributed by atoms with Crippen LogP contribution in [-0.2, 0) is 19.7 Å². The number of carbonyl (C=O) groups is 3. The van der Waals surface area contributed by atoms with E-state index >= 15 is 0 Å². The van der Waals surface area contributed by atoms with Crippen molar-refractivity contribution in [2.45, 2.75) is 26.2 Å². The highest BCUT2D eigenvalue weighted by Gasteiger charge is 2.19. The molecule has 7 nitrogen and oxygen atoms in total. The maximum Gasteiger partial charge on any atom is 0.325 e. The van der Waals surface area contributed by atoms with Crippen LogP contribution in [0, 0.1) is 0 Å². The van der Waals surface area contributed by atoms with Gasteiger partial charge in [0.2, 0.25) is 0 Å². The van der Waals surface area contributed by atoms with Gasteiger partial charge in [0, 0.05) is 10.1 Å². The van der Waals surface area contributed by atoms with Gasteiger partial charge in [0.15, 0.2) is 6.61 Å². The number of fused-ring (bicyclic) bond motifs is 1. The Balaban J connectivity index is 1.53. The second-order valence-corrected chi connectivity index (χ2v) is 9.73. The van der Waals surface area contributed by atoms with Gasteiger partial charge in [0.1, 0.15) is 17.2 Å². The fraction of sp³-hybridized carbons (Fsp3) is 0.292. The molecule has 0 unspecified atom stereocenters. The van der Waals surface area contributed by atoms with E-state index in [2.05, 4.69) is 31.4 Å². The number of esters is 1. The van der Waals surface area contributed by atoms with E-state index in [4.69, 9.17) is 21.1 Å². The summed E-state index contributed by atoms with van der Waals surface area (Å²) in [5.74, 6) is -1.25. The van der Waals surface area contributed by atoms with Gasteiger partial charge >= 0.3 is 5.97 Å². The molecule has 0 aliphatic carbocycles. The number of ether oxygens (including phenoxy) is 2. The zero-order valence-corrected chi connectivity index (χ0v) is 20.4. The molecule has 0 saturated heterocycles. The van der Waals surface area contributed by atoms with E-state index < -0.39 is 24.4 Å². The summed E-state index contributed by atoms with van der Waals surface area (Å²) in [6.45, 7) is 5.29. The Morgan fingerprint density at radius 3 is 2.48 bits per heavy atom. The molecule has 1 aromatic heterocycles. The Morgan fingerprint density at radius 2 is 1.82 bits per heavy atom. The minimum atomic E-state index is -0.744. The molecule has 3 rings (SSSR count). The number of rotatable bonds is 7. The van der Waals surface area contributed by atoms with Crippen molar-refractivity contribution < 1.29 is 23.9 Å². The molecule has 33 heavy (non-hydrogen) atoms. The van der Waals surface area contributed by atoms with Crippen LogP contribution in [0.5, 0.6) is 5.75 Å². The Morgan fingerprint density at radius 1 is 1.09 bits per heavy atom. The van der Waals surface area contributed by atoms with Gasteiger partial charge < -0.3 is 20.1 Å². The van der Waals surface area contributed by atoms with Crippen LogP contribution >= 0.6 is 22.9 Å². The fourth-order valence-electron chi connectivity index (χ4n) is 3.05. The fourth-order valence-corrected chi connectivity index (χ4v) is 4.48. The van der Waals surface area contributed by atoms with E-state index in [0.717, 1.165) is 15.6 Å². The van der Waals surface area contributed by atoms with Gasteiger partial charge in [0.05, 0.1) is 17.8 Å². The lowest BCUT2D eigenvalue weighted by Crippen LogP contribution is -2.32. The van der Waals surface area contributed by atoms with Gasteiger partial charge in [-0.05, 0) is 29.2 Å². The third-order valence-corrected chi connectivity index (χ3v) is 6.51. The van der Waals surface area contributed by atoms with Gasteiger partial charge in [-0.25, -0.2) is 0 Å². The molecule has 1 heterocycles. The predicted octanol–water partition coefficient (Wildman–Crippen LogP) is 4.77. The largest absolute Gasteiger partial charge is 0.495 e. The lowest BCUT2D eigenvalue weighted by Gasteiger charge is -2.21. The number of thiophene rings is 1. The molecule has 3 aromatic rings. The molecule has 174 valence electrons. The van der Waals surface area contributed by atoms with Crippen molar-refractivity contribution in [3.05, 3.63) is 57.9 Å². The molecule has 0 spiro atoms. The predicted molar refractivity (Wildman–Crippen MR) is 130 cm³/mol. The molecular formula is C24H25ClN2O5S. The average Bonchev–Trinajstić information content (AvgIpc) is 3.12. The first-order valence-corrected chi connectivity index (χ1v) is 11.4. The Bertz CT molecular complexity index is 1200. The molecule has 0 aliphatic rings. The summed E-state index contributed by atoms with van der Waals surface area (Å²) in [5.41, 5.74) is 1.38. The number of amides is 2. The van der Waals surface area contributed by atoms with Crippen molar-refractivity contribution >= 4 is 56.5 Å². The summed E-state index contributed by atoms with van der Waals surface area (Å²) in [6, 6.07) is 12.9. The summed E-state index contributed by atoms with van der Waals surface area (Å²) in [7, 11) is 1.51. The van der Waals surface area contributed by atoms with Crippen LogP contribution in [0.2, 0.25) is 5.02 Å². The van der Waals surface area contributed by atoms with Crippen LogP contribution in [0.25, 0.3) is 10.1 Å². The van der Waals surface area contributed by atoms with Gasteiger partial charge in [-0.1, -0.05) is 56.6 Å². The molecule has 0 saturated carbocycles. The summed E-state index contributed by atoms with van der Waals surface area (Å²) >= 11 is 7.52. The van der Waals surface area contributed by atoms with Crippen LogP contribution in [0.1, 0.15) is 36.0 Å². The number of methoxy groups -OCH3 is 1. The summed E-state index contributed by atoms with van der Waals surface area (Å²) < 4.78 is 11.2. The first-order valence-electron chi connectivity index (χ1n) is 10.2. The molecule has 0 radical (unpaired) electrons. The maximum absolute atomic E-state index is 12.4. The SMILES string of the molecule is COc1ccc(C(C)(C)C)cc1NC(=O)COC(=O)CNC(=O)c1sc2ccccc2c1Cl. The first kappa shape index (κ1) is 24.5. The molecule has 2 N–H and O–H groups in total. The molecule has 2 aromatic carbocycles. The molecule has 0 atom stereocenters. The van der Waals surface area contributed by atoms with Crippen molar-refractivity contribution in [1.29, 1.82) is 0 Å². The van der Waals surface area contributed by atoms with Crippen molar-refractivity contribution in [2.75, 3.05) is 25.6 Å². The Labute approximate surface area is 201 Å². The number of hydrogen-bond acceptors (Lipinski definition) is 6. The molecule has 0 fully saturated rings. The highest BCUT2D eigenvalue weighted by Crippen LogP contribution is 2.35. The Hall–Kier alpha value is -3.10. The number of benzene rings is 2. The molecule has 0 bridgehead atoms. The third kappa shape index (κ3) is 6.03. The standard InChI is InChI=1S/C24H25ClN2O5S/c1-24(2,3)14-9-10-17(31-4)16(11-14)27-19(28)13-32-20(29)12-26-23(30)22-21(25)15-7-5-6-8-18(15)33-22/h5-11H,12-13H2,1-4H3,(H,26,30)(H,27,28). The van der Waals surface area contributed by atoms with E-state index in [1.807, 2.05) is 36.4 Å². The topological polar surface area (TPSA) is 93.7 Å². The van der Waals surface area contributed by atoms with E-state index in [1.165, 1.54) is 18.4 Å². The summed E-state index contributed by atoms with van der Waals surface area (Å²) in [6.07, 6.45) is 0. The van der Waals surface area contributed by atoms with Gasteiger partial charge in [0.25, 0.3) is 11.8 Å². The van der Waals surface area contributed by atoms with E-state index in [0.29, 0.717) is 21.3 Å². The van der Waals surface area contributed by atoms with Crippen LogP contribution < -0.4 is 15.4 Å². The van der Waals surface area contributed by atoms with Gasteiger partial charge in [-0.15, -0.1) is 11.3 Å². The number of anilines is 1. The van der Waals surface area contributed by atoms with Crippen LogP contribution in [0.3, 0.4) is 0 Å². The van der Waals surface area contributed by atoms with Crippen LogP contribution in [-0.4, -0.2) is 38.0 Å². The lowest BCUT2D eigenvalue weighted by molar-refractivity contribution is -0.146. The van der Waals surface area contributed by atoms with Crippen molar-refractivity contribution in [2.24, 2.45) is 0 Å². The van der Waals surface area contributed by atoms with Crippen molar-refractivity contribution in [1.82, 2.24) is 5.32 Å². The zero-order chi connectivity index (χ0) is 24.2. The lowest BCUT2D eigenvalue weighted by atomic mass is 9.87. The first-order chi connectivity index (χ1) is 15.6.